The molecule has 0 atom stereocenters. The molecule has 2 aliphatic heterocycles. The average molecular weight is 400 g/mol. The van der Waals surface area contributed by atoms with E-state index in [9.17, 15) is 18.4 Å². The fourth-order valence-electron chi connectivity index (χ4n) is 3.72. The Hall–Kier alpha value is -3.03. The Morgan fingerprint density at radius 1 is 1.17 bits per heavy atom. The SMILES string of the molecule is CN1Cc2cc(N(C)c3ccc(C(=O)N4CCC(F)(F)CC4)cn3)ccc2C1=O. The molecule has 2 amide bonds. The Bertz CT molecular complexity index is 952. The van der Waals surface area contributed by atoms with Crippen molar-refractivity contribution >= 4 is 23.3 Å². The number of rotatable bonds is 3. The number of fused-ring (bicyclic) bond motifs is 1. The minimum absolute atomic E-state index is 0.0191. The molecule has 8 heteroatoms. The number of hydrogen-bond acceptors (Lipinski definition) is 4. The highest BCUT2D eigenvalue weighted by Gasteiger charge is 2.35. The van der Waals surface area contributed by atoms with Crippen molar-refractivity contribution in [2.24, 2.45) is 0 Å². The number of halogens is 2. The number of likely N-dealkylation sites (tertiary alicyclic amines) is 1. The van der Waals surface area contributed by atoms with Crippen molar-refractivity contribution in [3.8, 4) is 0 Å². The molecule has 0 N–H and O–H groups in total. The van der Waals surface area contributed by atoms with Gasteiger partial charge >= 0.3 is 0 Å². The van der Waals surface area contributed by atoms with Gasteiger partial charge in [-0.2, -0.15) is 0 Å². The van der Waals surface area contributed by atoms with Crippen molar-refractivity contribution in [1.29, 1.82) is 0 Å². The second kappa shape index (κ2) is 7.09. The summed E-state index contributed by atoms with van der Waals surface area (Å²) in [5, 5.41) is 0. The van der Waals surface area contributed by atoms with Crippen LogP contribution in [0, 0.1) is 0 Å². The maximum atomic E-state index is 13.3. The van der Waals surface area contributed by atoms with Gasteiger partial charge in [-0.1, -0.05) is 0 Å². The van der Waals surface area contributed by atoms with E-state index in [4.69, 9.17) is 0 Å². The van der Waals surface area contributed by atoms with Gasteiger partial charge in [0.05, 0.1) is 5.56 Å². The van der Waals surface area contributed by atoms with E-state index in [0.29, 0.717) is 23.5 Å². The highest BCUT2D eigenvalue weighted by molar-refractivity contribution is 5.98. The normalized spacial score (nSPS) is 18.0. The standard InChI is InChI=1S/C21H22F2N4O2/c1-25-13-15-11-16(4-5-17(15)20(25)29)26(2)18-6-3-14(12-24-18)19(28)27-9-7-21(22,23)8-10-27/h3-6,11-12H,7-10,13H2,1-2H3. The molecule has 1 saturated heterocycles. The van der Waals surface area contributed by atoms with Crippen LogP contribution >= 0.6 is 0 Å². The molecule has 0 radical (unpaired) electrons. The quantitative estimate of drug-likeness (QED) is 0.793. The van der Waals surface area contributed by atoms with Crippen molar-refractivity contribution in [1.82, 2.24) is 14.8 Å². The Balaban J connectivity index is 1.47. The Morgan fingerprint density at radius 2 is 1.90 bits per heavy atom. The number of piperidine rings is 1. The third-order valence-corrected chi connectivity index (χ3v) is 5.58. The summed E-state index contributed by atoms with van der Waals surface area (Å²) in [7, 11) is 3.63. The molecule has 1 aromatic carbocycles. The monoisotopic (exact) mass is 400 g/mol. The predicted octanol–water partition coefficient (Wildman–Crippen LogP) is 3.31. The number of aromatic nitrogens is 1. The molecule has 0 bridgehead atoms. The smallest absolute Gasteiger partial charge is 0.255 e. The molecule has 2 aromatic rings. The maximum absolute atomic E-state index is 13.3. The number of pyridine rings is 1. The van der Waals surface area contributed by atoms with Crippen molar-refractivity contribution < 1.29 is 18.4 Å². The summed E-state index contributed by atoms with van der Waals surface area (Å²) < 4.78 is 26.6. The molecular weight excluding hydrogens is 378 g/mol. The topological polar surface area (TPSA) is 56.8 Å². The number of carbonyl (C=O) groups excluding carboxylic acids is 2. The van der Waals surface area contributed by atoms with Crippen LogP contribution in [0.25, 0.3) is 0 Å². The van der Waals surface area contributed by atoms with Crippen LogP contribution in [0.5, 0.6) is 0 Å². The number of alkyl halides is 2. The number of carbonyl (C=O) groups is 2. The van der Waals surface area contributed by atoms with Gasteiger partial charge in [-0.05, 0) is 35.9 Å². The minimum atomic E-state index is -2.68. The number of hydrogen-bond donors (Lipinski definition) is 0. The van der Waals surface area contributed by atoms with E-state index in [-0.39, 0.29) is 37.7 Å². The lowest BCUT2D eigenvalue weighted by molar-refractivity contribution is -0.0494. The zero-order valence-corrected chi connectivity index (χ0v) is 16.4. The first-order valence-electron chi connectivity index (χ1n) is 9.50. The van der Waals surface area contributed by atoms with Crippen LogP contribution in [0.2, 0.25) is 0 Å². The summed E-state index contributed by atoms with van der Waals surface area (Å²) in [6, 6.07) is 9.04. The van der Waals surface area contributed by atoms with E-state index in [0.717, 1.165) is 11.3 Å². The molecule has 3 heterocycles. The number of nitrogens with zero attached hydrogens (tertiary/aromatic N) is 4. The molecule has 2 aliphatic rings. The summed E-state index contributed by atoms with van der Waals surface area (Å²) >= 11 is 0. The van der Waals surface area contributed by atoms with Gasteiger partial charge in [0.25, 0.3) is 17.7 Å². The molecule has 0 aliphatic carbocycles. The maximum Gasteiger partial charge on any atom is 0.255 e. The zero-order valence-electron chi connectivity index (χ0n) is 16.4. The van der Waals surface area contributed by atoms with Gasteiger partial charge in [-0.3, -0.25) is 9.59 Å². The molecule has 29 heavy (non-hydrogen) atoms. The summed E-state index contributed by atoms with van der Waals surface area (Å²) in [4.78, 5) is 33.9. The van der Waals surface area contributed by atoms with E-state index in [1.165, 1.54) is 11.1 Å². The highest BCUT2D eigenvalue weighted by Crippen LogP contribution is 2.30. The molecule has 1 fully saturated rings. The van der Waals surface area contributed by atoms with Crippen molar-refractivity contribution in [2.45, 2.75) is 25.3 Å². The van der Waals surface area contributed by atoms with Crippen LogP contribution in [-0.4, -0.2) is 59.7 Å². The van der Waals surface area contributed by atoms with Gasteiger partial charge in [0.15, 0.2) is 0 Å². The summed E-state index contributed by atoms with van der Waals surface area (Å²) in [5.41, 5.74) is 2.95. The minimum Gasteiger partial charge on any atom is -0.338 e. The van der Waals surface area contributed by atoms with Gasteiger partial charge in [0, 0.05) is 64.0 Å². The molecule has 4 rings (SSSR count). The average Bonchev–Trinajstić information content (AvgIpc) is 3.00. The molecule has 0 saturated carbocycles. The third-order valence-electron chi connectivity index (χ3n) is 5.58. The third kappa shape index (κ3) is 3.66. The number of benzene rings is 1. The van der Waals surface area contributed by atoms with E-state index >= 15 is 0 Å². The van der Waals surface area contributed by atoms with E-state index in [1.807, 2.05) is 30.1 Å². The first-order valence-corrected chi connectivity index (χ1v) is 9.50. The van der Waals surface area contributed by atoms with Gasteiger partial charge < -0.3 is 14.7 Å². The largest absolute Gasteiger partial charge is 0.338 e. The molecule has 152 valence electrons. The molecule has 6 nitrogen and oxygen atoms in total. The van der Waals surface area contributed by atoms with Crippen LogP contribution < -0.4 is 4.90 Å². The Labute approximate surface area is 167 Å². The molecule has 1 aromatic heterocycles. The van der Waals surface area contributed by atoms with Gasteiger partial charge in [-0.15, -0.1) is 0 Å². The molecule has 0 spiro atoms. The fourth-order valence-corrected chi connectivity index (χ4v) is 3.72. The summed E-state index contributed by atoms with van der Waals surface area (Å²) in [6.07, 6.45) is 0.873. The van der Waals surface area contributed by atoms with E-state index in [1.54, 1.807) is 24.1 Å². The van der Waals surface area contributed by atoms with E-state index < -0.39 is 5.92 Å². The summed E-state index contributed by atoms with van der Waals surface area (Å²) in [5.74, 6) is -2.30. The number of amides is 2. The van der Waals surface area contributed by atoms with Crippen LogP contribution in [0.15, 0.2) is 36.5 Å². The fraction of sp³-hybridized carbons (Fsp3) is 0.381. The second-order valence-electron chi connectivity index (χ2n) is 7.61. The first-order chi connectivity index (χ1) is 13.7. The summed E-state index contributed by atoms with van der Waals surface area (Å²) in [6.45, 7) is 0.678. The lowest BCUT2D eigenvalue weighted by atomic mass is 10.1. The van der Waals surface area contributed by atoms with Gasteiger partial charge in [0.2, 0.25) is 0 Å². The van der Waals surface area contributed by atoms with Crippen LogP contribution in [-0.2, 0) is 6.54 Å². The molecular formula is C21H22F2N4O2. The van der Waals surface area contributed by atoms with Crippen LogP contribution in [0.3, 0.4) is 0 Å². The van der Waals surface area contributed by atoms with Gasteiger partial charge in [-0.25, -0.2) is 13.8 Å². The van der Waals surface area contributed by atoms with Crippen molar-refractivity contribution in [3.63, 3.8) is 0 Å². The van der Waals surface area contributed by atoms with Crippen LogP contribution in [0.1, 0.15) is 39.1 Å². The molecule has 0 unspecified atom stereocenters. The van der Waals surface area contributed by atoms with E-state index in [2.05, 4.69) is 4.98 Å². The lowest BCUT2D eigenvalue weighted by Crippen LogP contribution is -2.42. The van der Waals surface area contributed by atoms with Crippen molar-refractivity contribution in [3.05, 3.63) is 53.2 Å². The second-order valence-corrected chi connectivity index (χ2v) is 7.61. The Kier molecular flexibility index (Phi) is 4.72. The number of anilines is 2. The van der Waals surface area contributed by atoms with Crippen LogP contribution in [0.4, 0.5) is 20.3 Å². The van der Waals surface area contributed by atoms with Crippen molar-refractivity contribution in [2.75, 3.05) is 32.1 Å². The zero-order chi connectivity index (χ0) is 20.8. The highest BCUT2D eigenvalue weighted by atomic mass is 19.3. The Morgan fingerprint density at radius 3 is 2.55 bits per heavy atom. The lowest BCUT2D eigenvalue weighted by Gasteiger charge is -2.31. The first kappa shape index (κ1) is 19.3. The predicted molar refractivity (Wildman–Crippen MR) is 105 cm³/mol. The van der Waals surface area contributed by atoms with Gasteiger partial charge in [0.1, 0.15) is 5.82 Å².